The molecule has 3 atom stereocenters. The van der Waals surface area contributed by atoms with Gasteiger partial charge in [-0.2, -0.15) is 0 Å². The Morgan fingerprint density at radius 2 is 1.77 bits per heavy atom. The van der Waals surface area contributed by atoms with Crippen LogP contribution < -0.4 is 9.47 Å². The van der Waals surface area contributed by atoms with E-state index in [9.17, 15) is 9.59 Å². The van der Waals surface area contributed by atoms with Gasteiger partial charge in [0.15, 0.2) is 5.78 Å². The number of allylic oxidation sites excluding steroid dienone is 1. The first-order chi connectivity index (χ1) is 14.6. The van der Waals surface area contributed by atoms with Gasteiger partial charge >= 0.3 is 5.97 Å². The predicted molar refractivity (Wildman–Crippen MR) is 110 cm³/mol. The van der Waals surface area contributed by atoms with Crippen molar-refractivity contribution in [2.24, 2.45) is 5.92 Å². The topological polar surface area (TPSA) is 71.1 Å². The second-order valence-corrected chi connectivity index (χ2v) is 7.45. The van der Waals surface area contributed by atoms with Crippen LogP contribution in [0.3, 0.4) is 0 Å². The van der Waals surface area contributed by atoms with Crippen LogP contribution in [0.4, 0.5) is 0 Å². The maximum absolute atomic E-state index is 13.1. The number of methoxy groups -OCH3 is 2. The zero-order chi connectivity index (χ0) is 21.1. The molecule has 3 unspecified atom stereocenters. The molecule has 6 heteroatoms. The average Bonchev–Trinajstić information content (AvgIpc) is 2.79. The minimum atomic E-state index is -0.381. The van der Waals surface area contributed by atoms with Crippen LogP contribution in [0.1, 0.15) is 35.2 Å². The minimum absolute atomic E-state index is 0.0516. The molecule has 6 nitrogen and oxygen atoms in total. The van der Waals surface area contributed by atoms with E-state index in [-0.39, 0.29) is 29.9 Å². The van der Waals surface area contributed by atoms with Crippen LogP contribution in [0, 0.1) is 5.92 Å². The number of carbonyl (C=O) groups is 2. The summed E-state index contributed by atoms with van der Waals surface area (Å²) in [5.74, 6) is 0.745. The summed E-state index contributed by atoms with van der Waals surface area (Å²) in [7, 11) is 3.16. The van der Waals surface area contributed by atoms with E-state index < -0.39 is 0 Å². The molecule has 1 heterocycles. The molecule has 1 aliphatic heterocycles. The Bertz CT molecular complexity index is 962. The van der Waals surface area contributed by atoms with Gasteiger partial charge in [0.05, 0.1) is 37.5 Å². The van der Waals surface area contributed by atoms with Crippen molar-refractivity contribution >= 4 is 17.3 Å². The molecule has 4 rings (SSSR count). The van der Waals surface area contributed by atoms with Gasteiger partial charge in [-0.05, 0) is 43.2 Å². The lowest BCUT2D eigenvalue weighted by Gasteiger charge is -2.37. The van der Waals surface area contributed by atoms with Gasteiger partial charge < -0.3 is 18.9 Å². The molecule has 0 N–H and O–H groups in total. The normalized spacial score (nSPS) is 22.9. The SMILES string of the molecule is COc1ccc(C(=O)OC2CCC3C(=O)C(c4ccccc4OC)=COC3C2)cc1. The summed E-state index contributed by atoms with van der Waals surface area (Å²) in [6.07, 6.45) is 2.67. The average molecular weight is 408 g/mol. The number of esters is 1. The zero-order valence-corrected chi connectivity index (χ0v) is 17.0. The van der Waals surface area contributed by atoms with E-state index in [0.29, 0.717) is 41.9 Å². The summed E-state index contributed by atoms with van der Waals surface area (Å²) < 4.78 is 22.1. The molecule has 0 radical (unpaired) electrons. The highest BCUT2D eigenvalue weighted by Crippen LogP contribution is 2.39. The second-order valence-electron chi connectivity index (χ2n) is 7.45. The molecule has 0 aromatic heterocycles. The number of Topliss-reactive ketones (excluding diaryl/α,β-unsaturated/α-hetero) is 1. The molecule has 2 aromatic rings. The molecule has 1 fully saturated rings. The number of benzene rings is 2. The van der Waals surface area contributed by atoms with Crippen LogP contribution >= 0.6 is 0 Å². The third-order valence-electron chi connectivity index (χ3n) is 5.70. The molecule has 1 saturated carbocycles. The van der Waals surface area contributed by atoms with Crippen LogP contribution in [0.15, 0.2) is 54.8 Å². The number of para-hydroxylation sites is 1. The molecule has 2 aliphatic rings. The monoisotopic (exact) mass is 408 g/mol. The van der Waals surface area contributed by atoms with Gasteiger partial charge in [0.2, 0.25) is 0 Å². The smallest absolute Gasteiger partial charge is 0.338 e. The summed E-state index contributed by atoms with van der Waals surface area (Å²) in [6, 6.07) is 14.2. The van der Waals surface area contributed by atoms with Gasteiger partial charge in [0.1, 0.15) is 23.7 Å². The molecule has 0 bridgehead atoms. The molecule has 30 heavy (non-hydrogen) atoms. The Labute approximate surface area is 175 Å². The fourth-order valence-corrected chi connectivity index (χ4v) is 4.07. The van der Waals surface area contributed by atoms with Crippen LogP contribution in [0.2, 0.25) is 0 Å². The number of fused-ring (bicyclic) bond motifs is 1. The van der Waals surface area contributed by atoms with Crippen molar-refractivity contribution in [3.63, 3.8) is 0 Å². The molecule has 0 amide bonds. The summed E-state index contributed by atoms with van der Waals surface area (Å²) in [5, 5.41) is 0. The van der Waals surface area contributed by atoms with E-state index in [1.54, 1.807) is 38.5 Å². The van der Waals surface area contributed by atoms with Crippen molar-refractivity contribution in [3.05, 3.63) is 65.9 Å². The van der Waals surface area contributed by atoms with Crippen molar-refractivity contribution in [3.8, 4) is 11.5 Å². The van der Waals surface area contributed by atoms with Crippen molar-refractivity contribution in [1.29, 1.82) is 0 Å². The lowest BCUT2D eigenvalue weighted by molar-refractivity contribution is -0.126. The summed E-state index contributed by atoms with van der Waals surface area (Å²) >= 11 is 0. The van der Waals surface area contributed by atoms with Crippen molar-refractivity contribution in [2.45, 2.75) is 31.5 Å². The predicted octanol–water partition coefficient (Wildman–Crippen LogP) is 4.04. The molecule has 1 aliphatic carbocycles. The molecular weight excluding hydrogens is 384 g/mol. The van der Waals surface area contributed by atoms with Crippen molar-refractivity contribution < 1.29 is 28.5 Å². The van der Waals surface area contributed by atoms with Crippen LogP contribution in [-0.4, -0.2) is 38.2 Å². The maximum Gasteiger partial charge on any atom is 0.338 e. The van der Waals surface area contributed by atoms with Crippen LogP contribution in [0.5, 0.6) is 11.5 Å². The highest BCUT2D eigenvalue weighted by molar-refractivity contribution is 6.22. The second kappa shape index (κ2) is 8.61. The third kappa shape index (κ3) is 3.90. The highest BCUT2D eigenvalue weighted by atomic mass is 16.5. The van der Waals surface area contributed by atoms with E-state index in [2.05, 4.69) is 0 Å². The van der Waals surface area contributed by atoms with E-state index >= 15 is 0 Å². The molecule has 156 valence electrons. The van der Waals surface area contributed by atoms with Crippen molar-refractivity contribution in [1.82, 2.24) is 0 Å². The van der Waals surface area contributed by atoms with Gasteiger partial charge in [-0.1, -0.05) is 18.2 Å². The fraction of sp³-hybridized carbons (Fsp3) is 0.333. The van der Waals surface area contributed by atoms with E-state index in [1.807, 2.05) is 24.3 Å². The van der Waals surface area contributed by atoms with E-state index in [1.165, 1.54) is 6.26 Å². The lowest BCUT2D eigenvalue weighted by Crippen LogP contribution is -2.42. The van der Waals surface area contributed by atoms with Crippen LogP contribution in [0.25, 0.3) is 5.57 Å². The highest BCUT2D eigenvalue weighted by Gasteiger charge is 2.41. The van der Waals surface area contributed by atoms with Gasteiger partial charge in [-0.25, -0.2) is 4.79 Å². The number of rotatable bonds is 5. The number of hydrogen-bond acceptors (Lipinski definition) is 6. The van der Waals surface area contributed by atoms with Crippen LogP contribution in [-0.2, 0) is 14.3 Å². The van der Waals surface area contributed by atoms with Gasteiger partial charge in [-0.15, -0.1) is 0 Å². The fourth-order valence-electron chi connectivity index (χ4n) is 4.07. The quantitative estimate of drug-likeness (QED) is 0.696. The Hall–Kier alpha value is -3.28. The largest absolute Gasteiger partial charge is 0.497 e. The van der Waals surface area contributed by atoms with E-state index in [0.717, 1.165) is 5.56 Å². The Kier molecular flexibility index (Phi) is 5.74. The maximum atomic E-state index is 13.1. The summed E-state index contributed by atoms with van der Waals surface area (Å²) in [5.41, 5.74) is 1.73. The van der Waals surface area contributed by atoms with Gasteiger partial charge in [-0.3, -0.25) is 4.79 Å². The standard InChI is InChI=1S/C24H24O6/c1-27-16-9-7-15(8-10-16)24(26)30-17-11-12-19-22(13-17)29-14-20(23(19)25)18-5-3-4-6-21(18)28-2/h3-10,14,17,19,22H,11-13H2,1-2H3. The molecule has 0 saturated heterocycles. The summed E-state index contributed by atoms with van der Waals surface area (Å²) in [6.45, 7) is 0. The molecule has 2 aromatic carbocycles. The Morgan fingerprint density at radius 1 is 1.00 bits per heavy atom. The minimum Gasteiger partial charge on any atom is -0.497 e. The first-order valence-electron chi connectivity index (χ1n) is 9.99. The Morgan fingerprint density at radius 3 is 2.50 bits per heavy atom. The first-order valence-corrected chi connectivity index (χ1v) is 9.99. The number of hydrogen-bond donors (Lipinski definition) is 0. The number of carbonyl (C=O) groups excluding carboxylic acids is 2. The van der Waals surface area contributed by atoms with E-state index in [4.69, 9.17) is 18.9 Å². The lowest BCUT2D eigenvalue weighted by atomic mass is 9.77. The molecular formula is C24H24O6. The first kappa shape index (κ1) is 20.0. The van der Waals surface area contributed by atoms with Crippen molar-refractivity contribution in [2.75, 3.05) is 14.2 Å². The Balaban J connectivity index is 1.43. The van der Waals surface area contributed by atoms with Gasteiger partial charge in [0, 0.05) is 12.0 Å². The third-order valence-corrected chi connectivity index (χ3v) is 5.70. The number of ether oxygens (including phenoxy) is 4. The molecule has 0 spiro atoms. The zero-order valence-electron chi connectivity index (χ0n) is 17.0. The number of ketones is 1. The summed E-state index contributed by atoms with van der Waals surface area (Å²) in [4.78, 5) is 25.6. The van der Waals surface area contributed by atoms with Gasteiger partial charge in [0.25, 0.3) is 0 Å².